The molecule has 0 aromatic carbocycles. The van der Waals surface area contributed by atoms with Gasteiger partial charge in [0.05, 0.1) is 0 Å². The number of nitrogens with zero attached hydrogens (tertiary/aromatic N) is 1. The summed E-state index contributed by atoms with van der Waals surface area (Å²) in [4.78, 5) is 0. The Morgan fingerprint density at radius 2 is 2.12 bits per heavy atom. The third-order valence-electron chi connectivity index (χ3n) is 3.43. The van der Waals surface area contributed by atoms with Gasteiger partial charge < -0.3 is 16.3 Å². The van der Waals surface area contributed by atoms with Crippen molar-refractivity contribution >= 4 is 17.6 Å². The summed E-state index contributed by atoms with van der Waals surface area (Å²) in [5.41, 5.74) is 5.44. The number of rotatable bonds is 6. The van der Waals surface area contributed by atoms with Crippen LogP contribution in [0.25, 0.3) is 0 Å². The number of amidine groups is 1. The van der Waals surface area contributed by atoms with Crippen LogP contribution in [0.15, 0.2) is 5.16 Å². The molecular formula is C12H25N3OS. The van der Waals surface area contributed by atoms with Gasteiger partial charge in [-0.3, -0.25) is 0 Å². The smallest absolute Gasteiger partial charge is 0.144 e. The quantitative estimate of drug-likeness (QED) is 0.224. The maximum atomic E-state index is 8.68. The summed E-state index contributed by atoms with van der Waals surface area (Å²) in [6, 6.07) is 0.697. The Hall–Kier alpha value is -0.420. The van der Waals surface area contributed by atoms with Gasteiger partial charge in [-0.05, 0) is 43.7 Å². The molecule has 100 valence electrons. The van der Waals surface area contributed by atoms with E-state index in [1.165, 1.54) is 24.3 Å². The Balaban J connectivity index is 2.14. The summed E-state index contributed by atoms with van der Waals surface area (Å²) in [7, 11) is 0. The van der Waals surface area contributed by atoms with Crippen LogP contribution in [-0.4, -0.2) is 35.1 Å². The molecule has 0 unspecified atom stereocenters. The number of nitrogens with one attached hydrogen (secondary N) is 1. The zero-order valence-electron chi connectivity index (χ0n) is 10.9. The lowest BCUT2D eigenvalue weighted by Crippen LogP contribution is -2.35. The molecule has 1 aliphatic heterocycles. The summed E-state index contributed by atoms with van der Waals surface area (Å²) < 4.78 is 0. The molecule has 5 heteroatoms. The minimum Gasteiger partial charge on any atom is -0.409 e. The summed E-state index contributed by atoms with van der Waals surface area (Å²) in [5, 5.41) is 15.4. The van der Waals surface area contributed by atoms with E-state index >= 15 is 0 Å². The van der Waals surface area contributed by atoms with Crippen molar-refractivity contribution in [3.63, 3.8) is 0 Å². The standard InChI is InChI=1S/C12H25N3OS/c1-12(2,11(13)15-16)6-3-7-14-10-4-8-17-9-5-10/h10,14,16H,3-9H2,1-2H3,(H2,13,15). The van der Waals surface area contributed by atoms with Gasteiger partial charge in [-0.1, -0.05) is 19.0 Å². The number of nitrogens with two attached hydrogens (primary N) is 1. The third kappa shape index (κ3) is 5.17. The molecule has 1 fully saturated rings. The fourth-order valence-electron chi connectivity index (χ4n) is 2.00. The van der Waals surface area contributed by atoms with Crippen molar-refractivity contribution in [2.24, 2.45) is 16.3 Å². The molecule has 0 aromatic rings. The van der Waals surface area contributed by atoms with Gasteiger partial charge in [0, 0.05) is 11.5 Å². The van der Waals surface area contributed by atoms with E-state index in [2.05, 4.69) is 10.5 Å². The molecule has 1 saturated heterocycles. The van der Waals surface area contributed by atoms with E-state index in [0.717, 1.165) is 19.4 Å². The van der Waals surface area contributed by atoms with Crippen LogP contribution in [-0.2, 0) is 0 Å². The number of oxime groups is 1. The van der Waals surface area contributed by atoms with Crippen LogP contribution in [0.4, 0.5) is 0 Å². The van der Waals surface area contributed by atoms with Crippen LogP contribution in [0, 0.1) is 5.41 Å². The van der Waals surface area contributed by atoms with Gasteiger partial charge in [0.15, 0.2) is 0 Å². The zero-order chi connectivity index (χ0) is 12.7. The van der Waals surface area contributed by atoms with E-state index in [9.17, 15) is 0 Å². The Labute approximate surface area is 108 Å². The van der Waals surface area contributed by atoms with Gasteiger partial charge >= 0.3 is 0 Å². The first-order valence-corrected chi connectivity index (χ1v) is 7.51. The van der Waals surface area contributed by atoms with E-state index < -0.39 is 0 Å². The molecule has 4 nitrogen and oxygen atoms in total. The van der Waals surface area contributed by atoms with Crippen molar-refractivity contribution in [1.82, 2.24) is 5.32 Å². The number of hydrogen-bond acceptors (Lipinski definition) is 4. The predicted molar refractivity (Wildman–Crippen MR) is 74.8 cm³/mol. The Bertz CT molecular complexity index is 250. The molecule has 0 atom stereocenters. The molecule has 1 aliphatic rings. The average molecular weight is 259 g/mol. The normalized spacial score (nSPS) is 19.5. The van der Waals surface area contributed by atoms with Crippen molar-refractivity contribution < 1.29 is 5.21 Å². The van der Waals surface area contributed by atoms with Crippen molar-refractivity contribution in [2.75, 3.05) is 18.1 Å². The van der Waals surface area contributed by atoms with E-state index in [0.29, 0.717) is 11.9 Å². The third-order valence-corrected chi connectivity index (χ3v) is 4.48. The first kappa shape index (κ1) is 14.6. The average Bonchev–Trinajstić information content (AvgIpc) is 2.35. The second-order valence-electron chi connectivity index (χ2n) is 5.31. The van der Waals surface area contributed by atoms with Crippen LogP contribution >= 0.6 is 11.8 Å². The van der Waals surface area contributed by atoms with E-state index in [1.54, 1.807) is 0 Å². The van der Waals surface area contributed by atoms with Crippen LogP contribution in [0.1, 0.15) is 39.5 Å². The first-order chi connectivity index (χ1) is 8.06. The molecule has 0 radical (unpaired) electrons. The van der Waals surface area contributed by atoms with E-state index in [4.69, 9.17) is 10.9 Å². The molecule has 0 amide bonds. The second-order valence-corrected chi connectivity index (χ2v) is 6.54. The van der Waals surface area contributed by atoms with Gasteiger partial charge in [0.2, 0.25) is 0 Å². The highest BCUT2D eigenvalue weighted by Gasteiger charge is 2.23. The fraction of sp³-hybridized carbons (Fsp3) is 0.917. The lowest BCUT2D eigenvalue weighted by atomic mass is 9.86. The Morgan fingerprint density at radius 3 is 2.71 bits per heavy atom. The summed E-state index contributed by atoms with van der Waals surface area (Å²) in [5.74, 6) is 2.90. The van der Waals surface area contributed by atoms with Gasteiger partial charge in [-0.25, -0.2) is 0 Å². The lowest BCUT2D eigenvalue weighted by Gasteiger charge is -2.25. The molecule has 0 saturated carbocycles. The van der Waals surface area contributed by atoms with Crippen LogP contribution in [0.5, 0.6) is 0 Å². The van der Waals surface area contributed by atoms with Crippen molar-refractivity contribution in [2.45, 2.75) is 45.6 Å². The van der Waals surface area contributed by atoms with Crippen LogP contribution in [0.3, 0.4) is 0 Å². The molecular weight excluding hydrogens is 234 g/mol. The van der Waals surface area contributed by atoms with E-state index in [-0.39, 0.29) is 5.41 Å². The lowest BCUT2D eigenvalue weighted by molar-refractivity contribution is 0.304. The maximum absolute atomic E-state index is 8.68. The summed E-state index contributed by atoms with van der Waals surface area (Å²) in [6.07, 6.45) is 4.58. The minimum atomic E-state index is -0.209. The second kappa shape index (κ2) is 7.11. The molecule has 4 N–H and O–H groups in total. The van der Waals surface area contributed by atoms with Crippen molar-refractivity contribution in [3.05, 3.63) is 0 Å². The van der Waals surface area contributed by atoms with Crippen molar-refractivity contribution in [3.8, 4) is 0 Å². The molecule has 0 bridgehead atoms. The Kier molecular flexibility index (Phi) is 6.12. The van der Waals surface area contributed by atoms with Crippen LogP contribution in [0.2, 0.25) is 0 Å². The number of hydrogen-bond donors (Lipinski definition) is 3. The summed E-state index contributed by atoms with van der Waals surface area (Å²) >= 11 is 2.05. The predicted octanol–water partition coefficient (Wildman–Crippen LogP) is 2.02. The SMILES string of the molecule is CC(C)(CCCNC1CCSCC1)C(N)=NO. The van der Waals surface area contributed by atoms with Gasteiger partial charge in [-0.15, -0.1) is 0 Å². The molecule has 0 aliphatic carbocycles. The zero-order valence-corrected chi connectivity index (χ0v) is 11.7. The topological polar surface area (TPSA) is 70.6 Å². The highest BCUT2D eigenvalue weighted by atomic mass is 32.2. The van der Waals surface area contributed by atoms with E-state index in [1.807, 2.05) is 25.6 Å². The molecule has 0 spiro atoms. The van der Waals surface area contributed by atoms with Crippen LogP contribution < -0.4 is 11.1 Å². The first-order valence-electron chi connectivity index (χ1n) is 6.35. The number of thioether (sulfide) groups is 1. The monoisotopic (exact) mass is 259 g/mol. The van der Waals surface area contributed by atoms with Gasteiger partial charge in [0.25, 0.3) is 0 Å². The fourth-order valence-corrected chi connectivity index (χ4v) is 3.11. The Morgan fingerprint density at radius 1 is 1.47 bits per heavy atom. The molecule has 1 rings (SSSR count). The maximum Gasteiger partial charge on any atom is 0.144 e. The summed E-state index contributed by atoms with van der Waals surface area (Å²) in [6.45, 7) is 5.05. The van der Waals surface area contributed by atoms with Gasteiger partial charge in [-0.2, -0.15) is 11.8 Å². The highest BCUT2D eigenvalue weighted by molar-refractivity contribution is 7.99. The minimum absolute atomic E-state index is 0.209. The molecule has 17 heavy (non-hydrogen) atoms. The molecule has 1 heterocycles. The van der Waals surface area contributed by atoms with Gasteiger partial charge in [0.1, 0.15) is 5.84 Å². The highest BCUT2D eigenvalue weighted by Crippen LogP contribution is 2.22. The largest absolute Gasteiger partial charge is 0.409 e. The molecule has 0 aromatic heterocycles. The van der Waals surface area contributed by atoms with Crippen molar-refractivity contribution in [1.29, 1.82) is 0 Å².